The van der Waals surface area contributed by atoms with E-state index in [-0.39, 0.29) is 11.9 Å². The average molecular weight is 300 g/mol. The first-order valence-electron chi connectivity index (χ1n) is 7.61. The molecule has 2 aromatic rings. The molecule has 0 radical (unpaired) electrons. The fourth-order valence-corrected chi connectivity index (χ4v) is 2.89. The Balaban J connectivity index is 1.71. The largest absolute Gasteiger partial charge is 0.479 e. The SMILES string of the molecule is CC(Oc1cccnc1)C(=O)N1CCCCC1c1cn[nH]c1. The van der Waals surface area contributed by atoms with Crippen LogP contribution in [0, 0.1) is 0 Å². The third-order valence-electron chi connectivity index (χ3n) is 3.99. The van der Waals surface area contributed by atoms with E-state index in [1.54, 1.807) is 37.6 Å². The number of nitrogens with zero attached hydrogens (tertiary/aromatic N) is 3. The van der Waals surface area contributed by atoms with Gasteiger partial charge in [-0.2, -0.15) is 5.10 Å². The first-order chi connectivity index (χ1) is 10.8. The molecule has 3 heterocycles. The second-order valence-corrected chi connectivity index (χ2v) is 5.52. The van der Waals surface area contributed by atoms with Crippen molar-refractivity contribution < 1.29 is 9.53 Å². The maximum absolute atomic E-state index is 12.8. The molecule has 22 heavy (non-hydrogen) atoms. The summed E-state index contributed by atoms with van der Waals surface area (Å²) in [4.78, 5) is 18.7. The van der Waals surface area contributed by atoms with Crippen molar-refractivity contribution in [2.45, 2.75) is 38.3 Å². The topological polar surface area (TPSA) is 71.1 Å². The molecular weight excluding hydrogens is 280 g/mol. The molecule has 2 atom stereocenters. The number of aromatic nitrogens is 3. The summed E-state index contributed by atoms with van der Waals surface area (Å²) in [6, 6.07) is 3.68. The summed E-state index contributed by atoms with van der Waals surface area (Å²) < 4.78 is 5.72. The van der Waals surface area contributed by atoms with Crippen molar-refractivity contribution in [3.05, 3.63) is 42.5 Å². The van der Waals surface area contributed by atoms with E-state index >= 15 is 0 Å². The minimum atomic E-state index is -0.531. The lowest BCUT2D eigenvalue weighted by atomic mass is 9.97. The maximum Gasteiger partial charge on any atom is 0.263 e. The van der Waals surface area contributed by atoms with E-state index in [9.17, 15) is 4.79 Å². The smallest absolute Gasteiger partial charge is 0.263 e. The average Bonchev–Trinajstić information content (AvgIpc) is 3.09. The molecular formula is C16H20N4O2. The number of carbonyl (C=O) groups is 1. The van der Waals surface area contributed by atoms with Gasteiger partial charge in [-0.15, -0.1) is 0 Å². The second kappa shape index (κ2) is 6.60. The number of hydrogen-bond acceptors (Lipinski definition) is 4. The summed E-state index contributed by atoms with van der Waals surface area (Å²) in [5, 5.41) is 6.83. The van der Waals surface area contributed by atoms with Gasteiger partial charge in [0.2, 0.25) is 0 Å². The van der Waals surface area contributed by atoms with Crippen LogP contribution in [-0.2, 0) is 4.79 Å². The van der Waals surface area contributed by atoms with Gasteiger partial charge < -0.3 is 9.64 Å². The number of amides is 1. The Bertz CT molecular complexity index is 600. The highest BCUT2D eigenvalue weighted by molar-refractivity contribution is 5.81. The number of rotatable bonds is 4. The van der Waals surface area contributed by atoms with Crippen LogP contribution < -0.4 is 4.74 Å². The van der Waals surface area contributed by atoms with Crippen LogP contribution in [0.15, 0.2) is 36.9 Å². The molecule has 0 bridgehead atoms. The van der Waals surface area contributed by atoms with Crippen molar-refractivity contribution in [2.75, 3.05) is 6.54 Å². The summed E-state index contributed by atoms with van der Waals surface area (Å²) in [6.07, 6.45) is 9.54. The van der Waals surface area contributed by atoms with Crippen molar-refractivity contribution >= 4 is 5.91 Å². The number of pyridine rings is 1. The minimum Gasteiger partial charge on any atom is -0.479 e. The molecule has 1 aliphatic rings. The molecule has 2 aromatic heterocycles. The van der Waals surface area contributed by atoms with E-state index in [0.29, 0.717) is 5.75 Å². The summed E-state index contributed by atoms with van der Waals surface area (Å²) >= 11 is 0. The number of hydrogen-bond donors (Lipinski definition) is 1. The van der Waals surface area contributed by atoms with Crippen LogP contribution in [0.25, 0.3) is 0 Å². The van der Waals surface area contributed by atoms with Crippen molar-refractivity contribution in [3.63, 3.8) is 0 Å². The highest BCUT2D eigenvalue weighted by atomic mass is 16.5. The molecule has 1 N–H and O–H groups in total. The van der Waals surface area contributed by atoms with Crippen molar-refractivity contribution in [1.82, 2.24) is 20.1 Å². The van der Waals surface area contributed by atoms with Gasteiger partial charge in [0.25, 0.3) is 5.91 Å². The first-order valence-corrected chi connectivity index (χ1v) is 7.61. The molecule has 1 saturated heterocycles. The molecule has 1 amide bonds. The van der Waals surface area contributed by atoms with Gasteiger partial charge in [0.1, 0.15) is 5.75 Å². The molecule has 1 fully saturated rings. The van der Waals surface area contributed by atoms with E-state index < -0.39 is 6.10 Å². The summed E-state index contributed by atoms with van der Waals surface area (Å²) in [7, 11) is 0. The molecule has 3 rings (SSSR count). The van der Waals surface area contributed by atoms with Crippen LogP contribution in [0.5, 0.6) is 5.75 Å². The third-order valence-corrected chi connectivity index (χ3v) is 3.99. The standard InChI is InChI=1S/C16H20N4O2/c1-12(22-14-5-4-7-17-11-14)16(21)20-8-3-2-6-15(20)13-9-18-19-10-13/h4-5,7,9-12,15H,2-3,6,8H2,1H3,(H,18,19). The zero-order chi connectivity index (χ0) is 15.4. The van der Waals surface area contributed by atoms with Crippen molar-refractivity contribution in [3.8, 4) is 5.75 Å². The Morgan fingerprint density at radius 1 is 1.45 bits per heavy atom. The number of nitrogens with one attached hydrogen (secondary N) is 1. The van der Waals surface area contributed by atoms with Crippen molar-refractivity contribution in [2.24, 2.45) is 0 Å². The number of likely N-dealkylation sites (tertiary alicyclic amines) is 1. The van der Waals surface area contributed by atoms with Crippen LogP contribution in [0.2, 0.25) is 0 Å². The Morgan fingerprint density at radius 2 is 2.36 bits per heavy atom. The van der Waals surface area contributed by atoms with Crippen LogP contribution in [0.1, 0.15) is 37.8 Å². The molecule has 0 spiro atoms. The second-order valence-electron chi connectivity index (χ2n) is 5.52. The van der Waals surface area contributed by atoms with Gasteiger partial charge in [0.05, 0.1) is 18.4 Å². The van der Waals surface area contributed by atoms with E-state index in [1.165, 1.54) is 0 Å². The van der Waals surface area contributed by atoms with Crippen LogP contribution in [-0.4, -0.2) is 38.6 Å². The molecule has 6 nitrogen and oxygen atoms in total. The lowest BCUT2D eigenvalue weighted by Crippen LogP contribution is -2.44. The number of aromatic amines is 1. The van der Waals surface area contributed by atoms with Gasteiger partial charge >= 0.3 is 0 Å². The first kappa shape index (κ1) is 14.6. The number of piperidine rings is 1. The molecule has 0 saturated carbocycles. The van der Waals surface area contributed by atoms with Gasteiger partial charge in [-0.25, -0.2) is 0 Å². The zero-order valence-corrected chi connectivity index (χ0v) is 12.6. The molecule has 0 aromatic carbocycles. The summed E-state index contributed by atoms with van der Waals surface area (Å²) in [5.74, 6) is 0.620. The lowest BCUT2D eigenvalue weighted by molar-refractivity contribution is -0.142. The number of H-pyrrole nitrogens is 1. The van der Waals surface area contributed by atoms with E-state index in [1.807, 2.05) is 11.1 Å². The van der Waals surface area contributed by atoms with Gasteiger partial charge in [-0.05, 0) is 38.3 Å². The van der Waals surface area contributed by atoms with Crippen molar-refractivity contribution in [1.29, 1.82) is 0 Å². The fraction of sp³-hybridized carbons (Fsp3) is 0.438. The van der Waals surface area contributed by atoms with Gasteiger partial charge in [0, 0.05) is 24.5 Å². The molecule has 116 valence electrons. The Kier molecular flexibility index (Phi) is 4.37. The van der Waals surface area contributed by atoms with Crippen LogP contribution >= 0.6 is 0 Å². The molecule has 1 aliphatic heterocycles. The van der Waals surface area contributed by atoms with Crippen LogP contribution in [0.3, 0.4) is 0 Å². The monoisotopic (exact) mass is 300 g/mol. The minimum absolute atomic E-state index is 0.00903. The van der Waals surface area contributed by atoms with Gasteiger partial charge in [-0.3, -0.25) is 14.9 Å². The lowest BCUT2D eigenvalue weighted by Gasteiger charge is -2.36. The summed E-state index contributed by atoms with van der Waals surface area (Å²) in [5.41, 5.74) is 1.06. The molecule has 6 heteroatoms. The molecule has 2 unspecified atom stereocenters. The Morgan fingerprint density at radius 3 is 3.09 bits per heavy atom. The van der Waals surface area contributed by atoms with E-state index in [4.69, 9.17) is 4.74 Å². The third kappa shape index (κ3) is 3.10. The summed E-state index contributed by atoms with van der Waals surface area (Å²) in [6.45, 7) is 2.55. The predicted octanol–water partition coefficient (Wildman–Crippen LogP) is 2.33. The fourth-order valence-electron chi connectivity index (χ4n) is 2.89. The molecule has 0 aliphatic carbocycles. The number of ether oxygens (including phenoxy) is 1. The maximum atomic E-state index is 12.8. The van der Waals surface area contributed by atoms with E-state index in [0.717, 1.165) is 31.4 Å². The highest BCUT2D eigenvalue weighted by Crippen LogP contribution is 2.31. The quantitative estimate of drug-likeness (QED) is 0.940. The zero-order valence-electron chi connectivity index (χ0n) is 12.6. The van der Waals surface area contributed by atoms with Gasteiger partial charge in [0.15, 0.2) is 6.10 Å². The Labute approximate surface area is 129 Å². The predicted molar refractivity (Wildman–Crippen MR) is 81.2 cm³/mol. The normalized spacial score (nSPS) is 19.7. The Hall–Kier alpha value is -2.37. The van der Waals surface area contributed by atoms with E-state index in [2.05, 4.69) is 15.2 Å². The van der Waals surface area contributed by atoms with Gasteiger partial charge in [-0.1, -0.05) is 0 Å². The van der Waals surface area contributed by atoms with Crippen LogP contribution in [0.4, 0.5) is 0 Å². The highest BCUT2D eigenvalue weighted by Gasteiger charge is 2.32. The number of carbonyl (C=O) groups excluding carboxylic acids is 1.